The lowest BCUT2D eigenvalue weighted by Gasteiger charge is -2.31. The standard InChI is InChI=1S/C21H30N2O2/c1-2-23(19-10-4-3-5-11-19)21(25)17-14-12-16(13-15-17)20(24)22-18-8-6-7-9-18/h3-5,10-11,16-18H,2,6-9,12-15H2,1H3,(H,22,24). The Morgan fingerprint density at radius 1 is 0.960 bits per heavy atom. The number of carbonyl (C=O) groups is 2. The van der Waals surface area contributed by atoms with Crippen LogP contribution >= 0.6 is 0 Å². The van der Waals surface area contributed by atoms with Crippen molar-refractivity contribution in [2.45, 2.75) is 64.3 Å². The van der Waals surface area contributed by atoms with Crippen molar-refractivity contribution in [3.63, 3.8) is 0 Å². The lowest BCUT2D eigenvalue weighted by atomic mass is 9.80. The average Bonchev–Trinajstić information content (AvgIpc) is 3.16. The predicted octanol–water partition coefficient (Wildman–Crippen LogP) is 3.90. The van der Waals surface area contributed by atoms with E-state index in [9.17, 15) is 9.59 Å². The van der Waals surface area contributed by atoms with E-state index in [1.807, 2.05) is 42.2 Å². The molecule has 0 radical (unpaired) electrons. The van der Waals surface area contributed by atoms with Crippen LogP contribution in [0.3, 0.4) is 0 Å². The molecule has 1 N–H and O–H groups in total. The number of hydrogen-bond acceptors (Lipinski definition) is 2. The Morgan fingerprint density at radius 3 is 2.16 bits per heavy atom. The van der Waals surface area contributed by atoms with Gasteiger partial charge >= 0.3 is 0 Å². The number of nitrogens with zero attached hydrogens (tertiary/aromatic N) is 1. The van der Waals surface area contributed by atoms with Crippen molar-refractivity contribution in [2.75, 3.05) is 11.4 Å². The van der Waals surface area contributed by atoms with Crippen LogP contribution in [0.1, 0.15) is 58.3 Å². The van der Waals surface area contributed by atoms with E-state index in [2.05, 4.69) is 5.32 Å². The summed E-state index contributed by atoms with van der Waals surface area (Å²) in [6.45, 7) is 2.70. The zero-order valence-corrected chi connectivity index (χ0v) is 15.2. The van der Waals surface area contributed by atoms with E-state index in [0.29, 0.717) is 12.6 Å². The third-order valence-electron chi connectivity index (χ3n) is 5.80. The summed E-state index contributed by atoms with van der Waals surface area (Å²) in [4.78, 5) is 27.2. The molecule has 2 fully saturated rings. The first-order valence-corrected chi connectivity index (χ1v) is 9.85. The van der Waals surface area contributed by atoms with Gasteiger partial charge in [-0.3, -0.25) is 9.59 Å². The van der Waals surface area contributed by atoms with E-state index in [4.69, 9.17) is 0 Å². The molecule has 25 heavy (non-hydrogen) atoms. The Bertz CT molecular complexity index is 573. The number of nitrogens with one attached hydrogen (secondary N) is 1. The zero-order chi connectivity index (χ0) is 17.6. The van der Waals surface area contributed by atoms with Crippen molar-refractivity contribution < 1.29 is 9.59 Å². The van der Waals surface area contributed by atoms with Crippen LogP contribution in [0.4, 0.5) is 5.69 Å². The summed E-state index contributed by atoms with van der Waals surface area (Å²) < 4.78 is 0. The first-order chi connectivity index (χ1) is 12.2. The summed E-state index contributed by atoms with van der Waals surface area (Å²) in [5, 5.41) is 3.22. The van der Waals surface area contributed by atoms with Gasteiger partial charge in [0.15, 0.2) is 0 Å². The van der Waals surface area contributed by atoms with Gasteiger partial charge in [0, 0.05) is 30.1 Å². The van der Waals surface area contributed by atoms with Gasteiger partial charge in [-0.1, -0.05) is 31.0 Å². The maximum absolute atomic E-state index is 12.9. The normalized spacial score (nSPS) is 24.0. The average molecular weight is 342 g/mol. The summed E-state index contributed by atoms with van der Waals surface area (Å²) in [6.07, 6.45) is 8.04. The molecule has 1 aromatic rings. The topological polar surface area (TPSA) is 49.4 Å². The SMILES string of the molecule is CCN(C(=O)C1CCC(C(=O)NC2CCCC2)CC1)c1ccccc1. The highest BCUT2D eigenvalue weighted by Gasteiger charge is 2.33. The third kappa shape index (κ3) is 4.42. The summed E-state index contributed by atoms with van der Waals surface area (Å²) in [5.41, 5.74) is 0.969. The highest BCUT2D eigenvalue weighted by Crippen LogP contribution is 2.32. The van der Waals surface area contributed by atoms with Crippen molar-refractivity contribution in [1.29, 1.82) is 0 Å². The summed E-state index contributed by atoms with van der Waals surface area (Å²) in [5.74, 6) is 0.573. The number of benzene rings is 1. The van der Waals surface area contributed by atoms with Gasteiger partial charge in [0.1, 0.15) is 0 Å². The molecule has 0 aromatic heterocycles. The minimum atomic E-state index is 0.0516. The minimum absolute atomic E-state index is 0.0516. The second-order valence-electron chi connectivity index (χ2n) is 7.46. The second-order valence-corrected chi connectivity index (χ2v) is 7.46. The molecule has 4 nitrogen and oxygen atoms in total. The fourth-order valence-corrected chi connectivity index (χ4v) is 4.29. The zero-order valence-electron chi connectivity index (χ0n) is 15.2. The molecule has 4 heteroatoms. The maximum atomic E-state index is 12.9. The quantitative estimate of drug-likeness (QED) is 0.882. The van der Waals surface area contributed by atoms with E-state index in [1.54, 1.807) is 0 Å². The molecule has 0 unspecified atom stereocenters. The molecular weight excluding hydrogens is 312 g/mol. The van der Waals surface area contributed by atoms with Gasteiger partial charge in [-0.15, -0.1) is 0 Å². The van der Waals surface area contributed by atoms with Gasteiger partial charge in [0.25, 0.3) is 0 Å². The second kappa shape index (κ2) is 8.50. The Kier molecular flexibility index (Phi) is 6.11. The lowest BCUT2D eigenvalue weighted by molar-refractivity contribution is -0.129. The minimum Gasteiger partial charge on any atom is -0.353 e. The molecule has 0 heterocycles. The van der Waals surface area contributed by atoms with Crippen LogP contribution in [-0.2, 0) is 9.59 Å². The first-order valence-electron chi connectivity index (χ1n) is 9.85. The smallest absolute Gasteiger partial charge is 0.230 e. The van der Waals surface area contributed by atoms with Crippen LogP contribution in [-0.4, -0.2) is 24.4 Å². The van der Waals surface area contributed by atoms with Crippen LogP contribution < -0.4 is 10.2 Å². The monoisotopic (exact) mass is 342 g/mol. The van der Waals surface area contributed by atoms with Crippen LogP contribution in [0.25, 0.3) is 0 Å². The van der Waals surface area contributed by atoms with Crippen molar-refractivity contribution in [2.24, 2.45) is 11.8 Å². The fraction of sp³-hybridized carbons (Fsp3) is 0.619. The van der Waals surface area contributed by atoms with Gasteiger partial charge in [-0.25, -0.2) is 0 Å². The molecular formula is C21H30N2O2. The number of anilines is 1. The van der Waals surface area contributed by atoms with Crippen LogP contribution in [0.5, 0.6) is 0 Å². The van der Waals surface area contributed by atoms with Gasteiger partial charge in [0.05, 0.1) is 0 Å². The molecule has 0 aliphatic heterocycles. The van der Waals surface area contributed by atoms with Crippen molar-refractivity contribution in [1.82, 2.24) is 5.32 Å². The van der Waals surface area contributed by atoms with Gasteiger partial charge in [-0.2, -0.15) is 0 Å². The molecule has 1 aromatic carbocycles. The maximum Gasteiger partial charge on any atom is 0.230 e. The molecule has 2 aliphatic carbocycles. The van der Waals surface area contributed by atoms with Crippen LogP contribution in [0.2, 0.25) is 0 Å². The molecule has 0 spiro atoms. The Labute approximate surface area is 151 Å². The molecule has 0 atom stereocenters. The number of hydrogen-bond donors (Lipinski definition) is 1. The summed E-state index contributed by atoms with van der Waals surface area (Å²) >= 11 is 0. The largest absolute Gasteiger partial charge is 0.353 e. The van der Waals surface area contributed by atoms with Gasteiger partial charge in [0.2, 0.25) is 11.8 Å². The van der Waals surface area contributed by atoms with E-state index in [0.717, 1.165) is 44.2 Å². The van der Waals surface area contributed by atoms with Gasteiger partial charge < -0.3 is 10.2 Å². The van der Waals surface area contributed by atoms with Crippen molar-refractivity contribution >= 4 is 17.5 Å². The van der Waals surface area contributed by atoms with E-state index in [-0.39, 0.29) is 23.7 Å². The molecule has 2 saturated carbocycles. The first kappa shape index (κ1) is 18.0. The van der Waals surface area contributed by atoms with Crippen LogP contribution in [0, 0.1) is 11.8 Å². The number of amides is 2. The summed E-state index contributed by atoms with van der Waals surface area (Å²) in [6, 6.07) is 10.3. The van der Waals surface area contributed by atoms with Crippen molar-refractivity contribution in [3.05, 3.63) is 30.3 Å². The predicted molar refractivity (Wildman–Crippen MR) is 100 cm³/mol. The molecule has 136 valence electrons. The highest BCUT2D eigenvalue weighted by atomic mass is 16.2. The van der Waals surface area contributed by atoms with Crippen LogP contribution in [0.15, 0.2) is 30.3 Å². The molecule has 2 amide bonds. The van der Waals surface area contributed by atoms with Crippen molar-refractivity contribution in [3.8, 4) is 0 Å². The molecule has 0 bridgehead atoms. The van der Waals surface area contributed by atoms with E-state index in [1.165, 1.54) is 12.8 Å². The van der Waals surface area contributed by atoms with E-state index < -0.39 is 0 Å². The van der Waals surface area contributed by atoms with E-state index >= 15 is 0 Å². The van der Waals surface area contributed by atoms with Gasteiger partial charge in [-0.05, 0) is 57.6 Å². The number of rotatable bonds is 5. The molecule has 2 aliphatic rings. The lowest BCUT2D eigenvalue weighted by Crippen LogP contribution is -2.41. The number of para-hydroxylation sites is 1. The molecule has 0 saturated heterocycles. The number of carbonyl (C=O) groups excluding carboxylic acids is 2. The Balaban J connectivity index is 1.52. The summed E-state index contributed by atoms with van der Waals surface area (Å²) in [7, 11) is 0. The highest BCUT2D eigenvalue weighted by molar-refractivity contribution is 5.95. The Hall–Kier alpha value is -1.84. The Morgan fingerprint density at radius 2 is 1.56 bits per heavy atom. The third-order valence-corrected chi connectivity index (χ3v) is 5.80. The fourth-order valence-electron chi connectivity index (χ4n) is 4.29. The molecule has 3 rings (SSSR count).